The predicted octanol–water partition coefficient (Wildman–Crippen LogP) is 3.73. The number of nitrogens with zero attached hydrogens (tertiary/aromatic N) is 1. The number of cyclic esters (lactones) is 1. The van der Waals surface area contributed by atoms with Crippen molar-refractivity contribution in [2.24, 2.45) is 0 Å². The van der Waals surface area contributed by atoms with Gasteiger partial charge in [0.05, 0.1) is 25.4 Å². The summed E-state index contributed by atoms with van der Waals surface area (Å²) in [6, 6.07) is 11.3. The second kappa shape index (κ2) is 10.1. The van der Waals surface area contributed by atoms with Crippen LogP contribution in [0.3, 0.4) is 0 Å². The van der Waals surface area contributed by atoms with E-state index < -0.39 is 24.2 Å². The monoisotopic (exact) mass is 450 g/mol. The van der Waals surface area contributed by atoms with Crippen molar-refractivity contribution in [3.63, 3.8) is 0 Å². The molecule has 2 amide bonds. The Hall–Kier alpha value is -3.31. The zero-order valence-electron chi connectivity index (χ0n) is 16.4. The van der Waals surface area contributed by atoms with Gasteiger partial charge < -0.3 is 19.3 Å². The number of carbonyl (C=O) groups is 3. The first-order valence-electron chi connectivity index (χ1n) is 9.14. The normalized spacial score (nSPS) is 15.5. The van der Waals surface area contributed by atoms with Crippen LogP contribution in [-0.2, 0) is 24.5 Å². The second-order valence-electron chi connectivity index (χ2n) is 6.59. The number of hydrogen-bond acceptors (Lipinski definition) is 7. The van der Waals surface area contributed by atoms with Gasteiger partial charge in [0.1, 0.15) is 11.9 Å². The Kier molecular flexibility index (Phi) is 7.32. The fourth-order valence-corrected chi connectivity index (χ4v) is 3.22. The Morgan fingerprint density at radius 2 is 2.03 bits per heavy atom. The summed E-state index contributed by atoms with van der Waals surface area (Å²) in [6.07, 6.45) is -2.56. The topological polar surface area (TPSA) is 114 Å². The maximum atomic E-state index is 14.8. The van der Waals surface area contributed by atoms with Gasteiger partial charge in [-0.2, -0.15) is 0 Å². The van der Waals surface area contributed by atoms with E-state index in [1.165, 1.54) is 17.9 Å². The highest BCUT2D eigenvalue weighted by atomic mass is 32.2. The van der Waals surface area contributed by atoms with Crippen LogP contribution in [-0.4, -0.2) is 42.5 Å². The minimum Gasteiger partial charge on any atom is -0.449 e. The van der Waals surface area contributed by atoms with Crippen molar-refractivity contribution < 1.29 is 37.0 Å². The van der Waals surface area contributed by atoms with Crippen molar-refractivity contribution >= 4 is 36.2 Å². The van der Waals surface area contributed by atoms with Crippen molar-refractivity contribution in [1.82, 2.24) is 5.32 Å². The average Bonchev–Trinajstić information content (AvgIpc) is 3.11. The number of amides is 2. The molecule has 31 heavy (non-hydrogen) atoms. The molecule has 2 N–H and O–H groups in total. The van der Waals surface area contributed by atoms with E-state index in [1.807, 2.05) is 0 Å². The van der Waals surface area contributed by atoms with E-state index >= 15 is 0 Å². The molecule has 1 aliphatic heterocycles. The van der Waals surface area contributed by atoms with Crippen molar-refractivity contribution in [2.75, 3.05) is 18.0 Å². The van der Waals surface area contributed by atoms with Gasteiger partial charge in [-0.25, -0.2) is 14.0 Å². The van der Waals surface area contributed by atoms with Crippen LogP contribution in [0, 0.1) is 5.82 Å². The molecule has 0 unspecified atom stereocenters. The number of carboxylic acid groups (broad SMARTS) is 1. The van der Waals surface area contributed by atoms with Gasteiger partial charge in [-0.15, -0.1) is 0 Å². The molecule has 1 aliphatic rings. The molecule has 164 valence electrons. The molecule has 2 aromatic carbocycles. The molecule has 0 bridgehead atoms. The summed E-state index contributed by atoms with van der Waals surface area (Å²) in [5.74, 6) is -0.736. The zero-order valence-corrected chi connectivity index (χ0v) is 17.2. The quantitative estimate of drug-likeness (QED) is 0.462. The Labute approximate surface area is 181 Å². The van der Waals surface area contributed by atoms with Gasteiger partial charge in [-0.1, -0.05) is 24.3 Å². The number of anilines is 1. The fourth-order valence-electron chi connectivity index (χ4n) is 2.93. The van der Waals surface area contributed by atoms with E-state index in [1.54, 1.807) is 36.4 Å². The van der Waals surface area contributed by atoms with E-state index in [2.05, 4.69) is 9.50 Å². The van der Waals surface area contributed by atoms with Crippen LogP contribution in [0.5, 0.6) is 0 Å². The van der Waals surface area contributed by atoms with Gasteiger partial charge >= 0.3 is 12.2 Å². The van der Waals surface area contributed by atoms with Gasteiger partial charge in [0.2, 0.25) is 18.2 Å². The molecule has 11 heteroatoms. The molecule has 0 radical (unpaired) electrons. The number of rotatable bonds is 8. The smallest absolute Gasteiger partial charge is 0.449 e. The van der Waals surface area contributed by atoms with E-state index in [0.717, 1.165) is 5.56 Å². The third kappa shape index (κ3) is 6.09. The molecule has 0 aromatic heterocycles. The van der Waals surface area contributed by atoms with E-state index in [0.29, 0.717) is 29.1 Å². The maximum absolute atomic E-state index is 14.8. The lowest BCUT2D eigenvalue weighted by molar-refractivity contribution is -0.119. The van der Waals surface area contributed by atoms with Crippen LogP contribution in [0.2, 0.25) is 0 Å². The lowest BCUT2D eigenvalue weighted by Crippen LogP contribution is -2.33. The summed E-state index contributed by atoms with van der Waals surface area (Å²) in [4.78, 5) is 34.7. The van der Waals surface area contributed by atoms with E-state index in [-0.39, 0.29) is 25.6 Å². The summed E-state index contributed by atoms with van der Waals surface area (Å²) in [5.41, 5.74) is 2.07. The number of carbonyl (C=O) groups excluding carboxylic acids is 2. The lowest BCUT2D eigenvalue weighted by Gasteiger charge is -2.14. The Balaban J connectivity index is 1.63. The van der Waals surface area contributed by atoms with Gasteiger partial charge in [0, 0.05) is 12.5 Å². The molecule has 1 heterocycles. The van der Waals surface area contributed by atoms with E-state index in [4.69, 9.17) is 14.0 Å². The molecule has 2 aromatic rings. The first kappa shape index (κ1) is 22.4. The highest BCUT2D eigenvalue weighted by Crippen LogP contribution is 2.29. The predicted molar refractivity (Wildman–Crippen MR) is 110 cm³/mol. The average molecular weight is 450 g/mol. The Morgan fingerprint density at radius 1 is 1.29 bits per heavy atom. The van der Waals surface area contributed by atoms with Crippen molar-refractivity contribution in [1.29, 1.82) is 0 Å². The molecule has 9 nitrogen and oxygen atoms in total. The van der Waals surface area contributed by atoms with Crippen molar-refractivity contribution in [3.05, 3.63) is 53.8 Å². The van der Waals surface area contributed by atoms with Gasteiger partial charge in [0.25, 0.3) is 0 Å². The summed E-state index contributed by atoms with van der Waals surface area (Å²) in [6.45, 7) is 1.87. The zero-order chi connectivity index (χ0) is 22.4. The highest BCUT2D eigenvalue weighted by molar-refractivity contribution is 7.90. The molecule has 0 saturated carbocycles. The number of hydrogen-bond donors (Lipinski definition) is 2. The first-order valence-corrected chi connectivity index (χ1v) is 9.80. The van der Waals surface area contributed by atoms with Crippen LogP contribution in [0.25, 0.3) is 11.1 Å². The van der Waals surface area contributed by atoms with Gasteiger partial charge in [0.15, 0.2) is 0 Å². The van der Waals surface area contributed by atoms with Gasteiger partial charge in [-0.3, -0.25) is 13.9 Å². The molecule has 1 atom stereocenters. The minimum atomic E-state index is -1.45. The number of ether oxygens (including phenoxy) is 1. The van der Waals surface area contributed by atoms with Crippen molar-refractivity contribution in [2.45, 2.75) is 19.6 Å². The van der Waals surface area contributed by atoms with Crippen LogP contribution >= 0.6 is 12.3 Å². The molecule has 0 spiro atoms. The fraction of sp³-hybridized carbons (Fsp3) is 0.250. The first-order chi connectivity index (χ1) is 14.8. The molecule has 3 rings (SSSR count). The van der Waals surface area contributed by atoms with Gasteiger partial charge in [-0.05, 0) is 29.3 Å². The molecule has 0 aliphatic carbocycles. The largest absolute Gasteiger partial charge is 0.520 e. The molecular formula is C20H19FN2O7S. The van der Waals surface area contributed by atoms with Crippen LogP contribution in [0.1, 0.15) is 12.5 Å². The summed E-state index contributed by atoms with van der Waals surface area (Å²) in [5, 5.41) is 10.9. The minimum absolute atomic E-state index is 0.108. The summed E-state index contributed by atoms with van der Waals surface area (Å²) in [7, 11) is 0. The number of halogens is 1. The summed E-state index contributed by atoms with van der Waals surface area (Å²) >= 11 is 0.355. The van der Waals surface area contributed by atoms with Crippen molar-refractivity contribution in [3.8, 4) is 11.1 Å². The molecule has 1 fully saturated rings. The van der Waals surface area contributed by atoms with Crippen LogP contribution in [0.15, 0.2) is 42.5 Å². The number of benzene rings is 2. The highest BCUT2D eigenvalue weighted by Gasteiger charge is 2.32. The third-order valence-corrected chi connectivity index (χ3v) is 4.79. The lowest BCUT2D eigenvalue weighted by atomic mass is 10.0. The Morgan fingerprint density at radius 3 is 2.68 bits per heavy atom. The maximum Gasteiger partial charge on any atom is 0.520 e. The van der Waals surface area contributed by atoms with Crippen LogP contribution < -0.4 is 10.2 Å². The molecular weight excluding hydrogens is 431 g/mol. The third-order valence-electron chi connectivity index (χ3n) is 4.36. The van der Waals surface area contributed by atoms with Crippen LogP contribution in [0.4, 0.5) is 19.7 Å². The standard InChI is InChI=1S/C20H19FN2O7S/c1-12(24)22-9-16-10-23(19(25)29-16)15-6-7-17(18(21)8-15)14-4-2-13(3-5-14)11-28-31-30-20(26)27/h2-8,16H,9-11H2,1H3,(H,22,24)(H,26,27)/t16-/m0/s1. The number of nitrogens with one attached hydrogen (secondary N) is 1. The summed E-state index contributed by atoms with van der Waals surface area (Å²) < 4.78 is 29.1. The van der Waals surface area contributed by atoms with E-state index in [9.17, 15) is 18.8 Å². The SMILES string of the molecule is CC(=O)NC[C@H]1CN(c2ccc(-c3ccc(COSOC(=O)O)cc3)c(F)c2)C(=O)O1. The second-order valence-corrected chi connectivity index (χ2v) is 7.13. The molecule has 1 saturated heterocycles. The Bertz CT molecular complexity index is 971.